The van der Waals surface area contributed by atoms with Gasteiger partial charge in [0.1, 0.15) is 18.4 Å². The molecule has 0 radical (unpaired) electrons. The summed E-state index contributed by atoms with van der Waals surface area (Å²) in [6.07, 6.45) is -1.11. The Labute approximate surface area is 268 Å². The molecule has 0 saturated carbocycles. The van der Waals surface area contributed by atoms with Gasteiger partial charge in [-0.3, -0.25) is 19.7 Å². The molecule has 8 atom stereocenters. The third-order valence-electron chi connectivity index (χ3n) is 6.35. The SMILES string of the molecule is CC(C)C1NC(=O)C[C@@H](/C=C/CCS)OC(=O)[C@H](C(C)C)NC(=O)C(SCC(O)C(O)CS)NC(=O)[C@@H](CS)NC1O. The summed E-state index contributed by atoms with van der Waals surface area (Å²) < 4.78 is 5.66. The Morgan fingerprint density at radius 1 is 0.976 bits per heavy atom. The number of ether oxygens (including phenoxy) is 1. The van der Waals surface area contributed by atoms with Crippen molar-refractivity contribution >= 4 is 73.3 Å². The zero-order chi connectivity index (χ0) is 32.0. The van der Waals surface area contributed by atoms with Crippen LogP contribution in [0.1, 0.15) is 40.5 Å². The lowest BCUT2D eigenvalue weighted by Crippen LogP contribution is -2.61. The van der Waals surface area contributed by atoms with Gasteiger partial charge in [0.05, 0.1) is 30.7 Å². The second-order valence-corrected chi connectivity index (χ2v) is 12.9. The first-order valence-corrected chi connectivity index (χ1v) is 16.7. The molecule has 1 heterocycles. The maximum Gasteiger partial charge on any atom is 0.329 e. The van der Waals surface area contributed by atoms with Crippen molar-refractivity contribution in [2.45, 2.75) is 88.6 Å². The van der Waals surface area contributed by atoms with Gasteiger partial charge in [-0.1, -0.05) is 33.8 Å². The molecule has 1 aliphatic heterocycles. The van der Waals surface area contributed by atoms with E-state index in [1.54, 1.807) is 39.8 Å². The van der Waals surface area contributed by atoms with Crippen molar-refractivity contribution in [3.8, 4) is 0 Å². The van der Waals surface area contributed by atoms with Crippen molar-refractivity contribution in [2.75, 3.05) is 23.0 Å². The highest BCUT2D eigenvalue weighted by atomic mass is 32.2. The molecule has 0 aromatic carbocycles. The van der Waals surface area contributed by atoms with Crippen LogP contribution in [0.15, 0.2) is 12.2 Å². The van der Waals surface area contributed by atoms with E-state index in [4.69, 9.17) is 4.74 Å². The van der Waals surface area contributed by atoms with Crippen LogP contribution in [0, 0.1) is 11.8 Å². The first-order valence-electron chi connectivity index (χ1n) is 13.8. The lowest BCUT2D eigenvalue weighted by Gasteiger charge is -2.32. The van der Waals surface area contributed by atoms with Crippen LogP contribution in [-0.2, 0) is 23.9 Å². The fourth-order valence-electron chi connectivity index (χ4n) is 3.82. The van der Waals surface area contributed by atoms with Gasteiger partial charge in [-0.25, -0.2) is 4.79 Å². The van der Waals surface area contributed by atoms with E-state index in [1.165, 1.54) is 0 Å². The summed E-state index contributed by atoms with van der Waals surface area (Å²) in [5.74, 6) is -3.11. The van der Waals surface area contributed by atoms with Gasteiger partial charge in [-0.05, 0) is 30.1 Å². The molecule has 0 aromatic rings. The number of aliphatic hydroxyl groups excluding tert-OH is 3. The summed E-state index contributed by atoms with van der Waals surface area (Å²) in [5, 5.41) is 40.5. The summed E-state index contributed by atoms with van der Waals surface area (Å²) in [7, 11) is 0. The maximum atomic E-state index is 13.4. The highest BCUT2D eigenvalue weighted by Crippen LogP contribution is 2.17. The highest BCUT2D eigenvalue weighted by molar-refractivity contribution is 8.00. The number of thiol groups is 3. The van der Waals surface area contributed by atoms with Crippen molar-refractivity contribution < 1.29 is 39.2 Å². The molecule has 1 fully saturated rings. The monoisotopic (exact) mass is 670 g/mol. The zero-order valence-electron chi connectivity index (χ0n) is 24.3. The summed E-state index contributed by atoms with van der Waals surface area (Å²) >= 11 is 13.2. The number of thioether (sulfide) groups is 1. The Balaban J connectivity index is 3.48. The van der Waals surface area contributed by atoms with E-state index in [0.29, 0.717) is 12.2 Å². The molecule has 1 rings (SSSR count). The van der Waals surface area contributed by atoms with Crippen molar-refractivity contribution in [3.05, 3.63) is 12.2 Å². The molecule has 7 N–H and O–H groups in total. The lowest BCUT2D eigenvalue weighted by molar-refractivity contribution is -0.153. The van der Waals surface area contributed by atoms with E-state index < -0.39 is 77.6 Å². The quantitative estimate of drug-likeness (QED) is 0.0780. The molecule has 0 aromatic heterocycles. The van der Waals surface area contributed by atoms with Gasteiger partial charge in [0, 0.05) is 17.3 Å². The number of allylic oxidation sites excluding steroid dienone is 1. The molecule has 12 nitrogen and oxygen atoms in total. The van der Waals surface area contributed by atoms with Crippen LogP contribution in [-0.4, -0.2) is 110 Å². The molecule has 242 valence electrons. The fraction of sp³-hybridized carbons (Fsp3) is 0.769. The predicted octanol–water partition coefficient (Wildman–Crippen LogP) is -0.507. The van der Waals surface area contributed by atoms with Crippen molar-refractivity contribution in [3.63, 3.8) is 0 Å². The minimum Gasteiger partial charge on any atom is -0.456 e. The van der Waals surface area contributed by atoms with Crippen LogP contribution in [0.5, 0.6) is 0 Å². The fourth-order valence-corrected chi connectivity index (χ4v) is 5.51. The van der Waals surface area contributed by atoms with Crippen LogP contribution in [0.3, 0.4) is 0 Å². The zero-order valence-corrected chi connectivity index (χ0v) is 27.8. The molecule has 42 heavy (non-hydrogen) atoms. The van der Waals surface area contributed by atoms with Gasteiger partial charge < -0.3 is 36.0 Å². The standard InChI is InChI=1S/C26H46N4O8S4/c1-13(2)20-23(35)27-16(10-40)22(34)30-25(42-12-18(32)17(31)11-41)24(36)29-21(14(3)4)26(37)38-15(7-5-6-8-39)9-19(33)28-20/h5,7,13-18,20-21,23,25,27,31-32,35,39-41H,6,8-12H2,1-4H3,(H,28,33)(H,29,36)(H,30,34)/b7-5+/t15-,16-,17?,18?,20?,21+,23?,25?/m1/s1. The molecule has 1 aliphatic rings. The summed E-state index contributed by atoms with van der Waals surface area (Å²) in [6.45, 7) is 6.96. The number of rotatable bonds is 11. The van der Waals surface area contributed by atoms with Crippen LogP contribution in [0.4, 0.5) is 0 Å². The average Bonchev–Trinajstić information content (AvgIpc) is 2.93. The third-order valence-corrected chi connectivity index (χ3v) is 8.55. The summed E-state index contributed by atoms with van der Waals surface area (Å²) in [6, 6.07) is -3.04. The molecule has 3 amide bonds. The molecular weight excluding hydrogens is 625 g/mol. The van der Waals surface area contributed by atoms with Crippen LogP contribution in [0.25, 0.3) is 0 Å². The Morgan fingerprint density at radius 3 is 2.19 bits per heavy atom. The van der Waals surface area contributed by atoms with Gasteiger partial charge in [-0.2, -0.15) is 37.9 Å². The highest BCUT2D eigenvalue weighted by Gasteiger charge is 2.35. The maximum absolute atomic E-state index is 13.4. The van der Waals surface area contributed by atoms with Crippen molar-refractivity contribution in [1.29, 1.82) is 0 Å². The number of aliphatic hydroxyl groups is 3. The van der Waals surface area contributed by atoms with Crippen molar-refractivity contribution in [1.82, 2.24) is 21.3 Å². The first kappa shape index (κ1) is 38.9. The van der Waals surface area contributed by atoms with Gasteiger partial charge >= 0.3 is 5.97 Å². The van der Waals surface area contributed by atoms with Crippen molar-refractivity contribution in [2.24, 2.45) is 11.8 Å². The smallest absolute Gasteiger partial charge is 0.329 e. The molecular formula is C26H46N4O8S4. The number of cyclic esters (lactones) is 1. The van der Waals surface area contributed by atoms with Gasteiger partial charge in [0.15, 0.2) is 5.37 Å². The number of esters is 1. The van der Waals surface area contributed by atoms with Crippen LogP contribution >= 0.6 is 49.6 Å². The summed E-state index contributed by atoms with van der Waals surface area (Å²) in [4.78, 5) is 52.9. The molecule has 0 bridgehead atoms. The summed E-state index contributed by atoms with van der Waals surface area (Å²) in [5.41, 5.74) is 0. The topological polar surface area (TPSA) is 186 Å². The predicted molar refractivity (Wildman–Crippen MR) is 173 cm³/mol. The lowest BCUT2D eigenvalue weighted by atomic mass is 10.0. The third kappa shape index (κ3) is 13.2. The number of carbonyl (C=O) groups excluding carboxylic acids is 4. The van der Waals surface area contributed by atoms with E-state index in [2.05, 4.69) is 59.2 Å². The number of amides is 3. The van der Waals surface area contributed by atoms with E-state index >= 15 is 0 Å². The Hall–Kier alpha value is -1.14. The number of carbonyl (C=O) groups is 4. The van der Waals surface area contributed by atoms with Gasteiger partial charge in [-0.15, -0.1) is 11.8 Å². The average molecular weight is 671 g/mol. The minimum atomic E-state index is -1.37. The number of nitrogens with one attached hydrogen (secondary N) is 4. The Kier molecular flexibility index (Phi) is 18.5. The second kappa shape index (κ2) is 20.0. The van der Waals surface area contributed by atoms with E-state index in [1.807, 2.05) is 0 Å². The molecule has 0 aliphatic carbocycles. The molecule has 16 heteroatoms. The van der Waals surface area contributed by atoms with E-state index in [9.17, 15) is 34.5 Å². The number of hydrogen-bond donors (Lipinski definition) is 10. The van der Waals surface area contributed by atoms with Gasteiger partial charge in [0.2, 0.25) is 11.8 Å². The molecule has 5 unspecified atom stereocenters. The minimum absolute atomic E-state index is 0.0209. The normalized spacial score (nSPS) is 28.8. The van der Waals surface area contributed by atoms with Crippen LogP contribution in [0.2, 0.25) is 0 Å². The molecule has 0 spiro atoms. The van der Waals surface area contributed by atoms with E-state index in [0.717, 1.165) is 11.8 Å². The molecule has 1 saturated heterocycles. The Morgan fingerprint density at radius 2 is 1.64 bits per heavy atom. The largest absolute Gasteiger partial charge is 0.456 e. The second-order valence-electron chi connectivity index (χ2n) is 10.6. The Bertz CT molecular complexity index is 914. The number of hydrogen-bond acceptors (Lipinski definition) is 13. The van der Waals surface area contributed by atoms with Gasteiger partial charge in [0.25, 0.3) is 5.91 Å². The first-order chi connectivity index (χ1) is 19.7. The van der Waals surface area contributed by atoms with Crippen LogP contribution < -0.4 is 21.3 Å². The van der Waals surface area contributed by atoms with E-state index in [-0.39, 0.29) is 29.6 Å².